The lowest BCUT2D eigenvalue weighted by atomic mass is 10.1. The lowest BCUT2D eigenvalue weighted by Gasteiger charge is -2.07. The van der Waals surface area contributed by atoms with Crippen LogP contribution in [0.2, 0.25) is 0 Å². The second-order valence-electron chi connectivity index (χ2n) is 4.76. The number of amides is 1. The lowest BCUT2D eigenvalue weighted by Crippen LogP contribution is -2.15. The van der Waals surface area contributed by atoms with Gasteiger partial charge in [-0.2, -0.15) is 0 Å². The Bertz CT molecular complexity index is 678. The first kappa shape index (κ1) is 14.8. The van der Waals surface area contributed by atoms with Gasteiger partial charge in [-0.1, -0.05) is 53.8 Å². The van der Waals surface area contributed by atoms with Crippen LogP contribution in [-0.2, 0) is 11.2 Å². The van der Waals surface area contributed by atoms with Crippen LogP contribution in [0, 0.1) is 18.8 Å². The van der Waals surface area contributed by atoms with E-state index in [0.29, 0.717) is 13.0 Å². The Labute approximate surface area is 125 Å². The van der Waals surface area contributed by atoms with Gasteiger partial charge in [-0.15, -0.1) is 0 Å². The summed E-state index contributed by atoms with van der Waals surface area (Å²) in [4.78, 5) is 12.1. The van der Waals surface area contributed by atoms with Crippen molar-refractivity contribution in [2.45, 2.75) is 13.3 Å². The maximum Gasteiger partial charge on any atom is 0.228 e. The fourth-order valence-electron chi connectivity index (χ4n) is 1.93. The van der Waals surface area contributed by atoms with E-state index < -0.39 is 0 Å². The van der Waals surface area contributed by atoms with Crippen LogP contribution in [0.15, 0.2) is 48.5 Å². The number of carbonyl (C=O) groups excluding carboxylic acids is 1. The van der Waals surface area contributed by atoms with Gasteiger partial charge >= 0.3 is 0 Å². The van der Waals surface area contributed by atoms with Crippen LogP contribution in [0.1, 0.15) is 16.7 Å². The molecule has 0 saturated carbocycles. The molecule has 0 aliphatic rings. The molecule has 0 radical (unpaired) electrons. The SMILES string of the molecule is Cc1ccc(CC(=O)Nc2ccccc2C#CCN)cc1. The molecule has 0 aliphatic carbocycles. The molecule has 0 fully saturated rings. The third-order valence-corrected chi connectivity index (χ3v) is 3.01. The fourth-order valence-corrected chi connectivity index (χ4v) is 1.93. The molecule has 2 rings (SSSR count). The molecule has 0 bridgehead atoms. The number of nitrogens with one attached hydrogen (secondary N) is 1. The number of rotatable bonds is 3. The van der Waals surface area contributed by atoms with Crippen molar-refractivity contribution in [3.8, 4) is 11.8 Å². The summed E-state index contributed by atoms with van der Waals surface area (Å²) >= 11 is 0. The summed E-state index contributed by atoms with van der Waals surface area (Å²) < 4.78 is 0. The minimum atomic E-state index is -0.0548. The standard InChI is InChI=1S/C18H18N2O/c1-14-8-10-15(11-9-14)13-18(21)20-17-7-3-2-5-16(17)6-4-12-19/h2-3,5,7-11H,12-13,19H2,1H3,(H,20,21). The predicted molar refractivity (Wildman–Crippen MR) is 85.9 cm³/mol. The van der Waals surface area contributed by atoms with Crippen LogP contribution in [0.25, 0.3) is 0 Å². The molecule has 0 aliphatic heterocycles. The Kier molecular flexibility index (Phi) is 5.14. The van der Waals surface area contributed by atoms with E-state index >= 15 is 0 Å². The summed E-state index contributed by atoms with van der Waals surface area (Å²) in [6, 6.07) is 15.4. The monoisotopic (exact) mass is 278 g/mol. The van der Waals surface area contributed by atoms with Crippen LogP contribution in [-0.4, -0.2) is 12.5 Å². The number of para-hydroxylation sites is 1. The molecule has 2 aromatic carbocycles. The number of anilines is 1. The summed E-state index contributed by atoms with van der Waals surface area (Å²) in [5.74, 6) is 5.71. The molecule has 3 nitrogen and oxygen atoms in total. The van der Waals surface area contributed by atoms with E-state index in [1.54, 1.807) is 0 Å². The van der Waals surface area contributed by atoms with Crippen LogP contribution in [0.3, 0.4) is 0 Å². The van der Waals surface area contributed by atoms with Gasteiger partial charge in [0.05, 0.1) is 18.7 Å². The second kappa shape index (κ2) is 7.28. The van der Waals surface area contributed by atoms with E-state index in [0.717, 1.165) is 16.8 Å². The molecular formula is C18H18N2O. The van der Waals surface area contributed by atoms with E-state index in [9.17, 15) is 4.79 Å². The van der Waals surface area contributed by atoms with Gasteiger partial charge in [0.1, 0.15) is 0 Å². The smallest absolute Gasteiger partial charge is 0.228 e. The third-order valence-electron chi connectivity index (χ3n) is 3.01. The number of aryl methyl sites for hydroxylation is 1. The van der Waals surface area contributed by atoms with E-state index in [1.807, 2.05) is 55.5 Å². The molecule has 0 unspecified atom stereocenters. The van der Waals surface area contributed by atoms with Crippen LogP contribution in [0.4, 0.5) is 5.69 Å². The summed E-state index contributed by atoms with van der Waals surface area (Å²) in [5.41, 5.74) is 9.05. The van der Waals surface area contributed by atoms with Crippen LogP contribution >= 0.6 is 0 Å². The average Bonchev–Trinajstić information content (AvgIpc) is 2.49. The molecule has 3 N–H and O–H groups in total. The van der Waals surface area contributed by atoms with Gasteiger partial charge in [0.2, 0.25) is 5.91 Å². The molecule has 1 amide bonds. The molecule has 21 heavy (non-hydrogen) atoms. The Balaban J connectivity index is 2.07. The first-order chi connectivity index (χ1) is 10.2. The summed E-state index contributed by atoms with van der Waals surface area (Å²) in [6.45, 7) is 2.32. The van der Waals surface area contributed by atoms with Crippen molar-refractivity contribution < 1.29 is 4.79 Å². The lowest BCUT2D eigenvalue weighted by molar-refractivity contribution is -0.115. The van der Waals surface area contributed by atoms with Gasteiger partial charge in [0.15, 0.2) is 0 Å². The zero-order valence-electron chi connectivity index (χ0n) is 12.0. The Morgan fingerprint density at radius 2 is 1.86 bits per heavy atom. The highest BCUT2D eigenvalue weighted by Gasteiger charge is 2.06. The quantitative estimate of drug-likeness (QED) is 0.848. The number of carbonyl (C=O) groups is 1. The maximum absolute atomic E-state index is 12.1. The molecular weight excluding hydrogens is 260 g/mol. The first-order valence-electron chi connectivity index (χ1n) is 6.82. The van der Waals surface area contributed by atoms with Crippen molar-refractivity contribution in [1.82, 2.24) is 0 Å². The maximum atomic E-state index is 12.1. The highest BCUT2D eigenvalue weighted by atomic mass is 16.1. The molecule has 0 saturated heterocycles. The summed E-state index contributed by atoms with van der Waals surface area (Å²) in [7, 11) is 0. The molecule has 0 spiro atoms. The van der Waals surface area contributed by atoms with Gasteiger partial charge in [0.25, 0.3) is 0 Å². The second-order valence-corrected chi connectivity index (χ2v) is 4.76. The zero-order chi connectivity index (χ0) is 15.1. The highest BCUT2D eigenvalue weighted by molar-refractivity contribution is 5.93. The van der Waals surface area contributed by atoms with Crippen molar-refractivity contribution in [2.24, 2.45) is 5.73 Å². The van der Waals surface area contributed by atoms with E-state index in [1.165, 1.54) is 5.56 Å². The van der Waals surface area contributed by atoms with Crippen LogP contribution in [0.5, 0.6) is 0 Å². The zero-order valence-corrected chi connectivity index (χ0v) is 12.0. The number of nitrogens with two attached hydrogens (primary N) is 1. The van der Waals surface area contributed by atoms with Crippen molar-refractivity contribution in [3.05, 3.63) is 65.2 Å². The Morgan fingerprint density at radius 3 is 2.57 bits per heavy atom. The molecule has 0 heterocycles. The largest absolute Gasteiger partial charge is 0.325 e. The van der Waals surface area contributed by atoms with Crippen molar-refractivity contribution >= 4 is 11.6 Å². The normalized spacial score (nSPS) is 9.62. The van der Waals surface area contributed by atoms with Gasteiger partial charge in [-0.3, -0.25) is 4.79 Å². The number of benzene rings is 2. The third kappa shape index (κ3) is 4.48. The van der Waals surface area contributed by atoms with Gasteiger partial charge in [-0.05, 0) is 24.6 Å². The Morgan fingerprint density at radius 1 is 1.14 bits per heavy atom. The minimum Gasteiger partial charge on any atom is -0.325 e. The number of hydrogen-bond donors (Lipinski definition) is 2. The molecule has 2 aromatic rings. The first-order valence-corrected chi connectivity index (χ1v) is 6.82. The number of hydrogen-bond acceptors (Lipinski definition) is 2. The van der Waals surface area contributed by atoms with Gasteiger partial charge in [0, 0.05) is 5.56 Å². The topological polar surface area (TPSA) is 55.1 Å². The molecule has 106 valence electrons. The molecule has 0 atom stereocenters. The molecule has 3 heteroatoms. The fraction of sp³-hybridized carbons (Fsp3) is 0.167. The van der Waals surface area contributed by atoms with Crippen molar-refractivity contribution in [3.63, 3.8) is 0 Å². The Hall–Kier alpha value is -2.57. The highest BCUT2D eigenvalue weighted by Crippen LogP contribution is 2.14. The van der Waals surface area contributed by atoms with Crippen molar-refractivity contribution in [2.75, 3.05) is 11.9 Å². The van der Waals surface area contributed by atoms with Crippen LogP contribution < -0.4 is 11.1 Å². The predicted octanol–water partition coefficient (Wildman–Crippen LogP) is 2.49. The minimum absolute atomic E-state index is 0.0548. The van der Waals surface area contributed by atoms with E-state index in [4.69, 9.17) is 5.73 Å². The van der Waals surface area contributed by atoms with E-state index in [2.05, 4.69) is 17.2 Å². The van der Waals surface area contributed by atoms with E-state index in [-0.39, 0.29) is 5.91 Å². The average molecular weight is 278 g/mol. The van der Waals surface area contributed by atoms with Gasteiger partial charge in [-0.25, -0.2) is 0 Å². The molecule has 0 aromatic heterocycles. The van der Waals surface area contributed by atoms with Crippen molar-refractivity contribution in [1.29, 1.82) is 0 Å². The summed E-state index contributed by atoms with van der Waals surface area (Å²) in [6.07, 6.45) is 0.346. The van der Waals surface area contributed by atoms with Gasteiger partial charge < -0.3 is 11.1 Å². The summed E-state index contributed by atoms with van der Waals surface area (Å²) in [5, 5.41) is 2.90.